The monoisotopic (exact) mass is 232 g/mol. The highest BCUT2D eigenvalue weighted by atomic mass is 79.9. The average Bonchev–Trinajstić information content (AvgIpc) is 2.07. The lowest BCUT2D eigenvalue weighted by molar-refractivity contribution is 0.311. The Bertz CT molecular complexity index is 268. The SMILES string of the molecule is Nc1ncc(Br)c(NCCO)n1. The van der Waals surface area contributed by atoms with Gasteiger partial charge >= 0.3 is 0 Å². The second kappa shape index (κ2) is 4.22. The van der Waals surface area contributed by atoms with Crippen LogP contribution in [0.2, 0.25) is 0 Å². The lowest BCUT2D eigenvalue weighted by atomic mass is 10.5. The molecule has 1 aromatic rings. The largest absolute Gasteiger partial charge is 0.395 e. The number of halogens is 1. The highest BCUT2D eigenvalue weighted by Crippen LogP contribution is 2.18. The minimum absolute atomic E-state index is 0.0519. The number of hydrogen-bond donors (Lipinski definition) is 3. The minimum Gasteiger partial charge on any atom is -0.395 e. The van der Waals surface area contributed by atoms with E-state index in [4.69, 9.17) is 10.8 Å². The molecule has 0 unspecified atom stereocenters. The molecule has 0 aliphatic heterocycles. The lowest BCUT2D eigenvalue weighted by Crippen LogP contribution is -2.09. The van der Waals surface area contributed by atoms with E-state index in [-0.39, 0.29) is 12.6 Å². The van der Waals surface area contributed by atoms with Crippen LogP contribution in [0.5, 0.6) is 0 Å². The Morgan fingerprint density at radius 1 is 1.67 bits per heavy atom. The number of hydrogen-bond acceptors (Lipinski definition) is 5. The second-order valence-corrected chi connectivity index (χ2v) is 2.93. The average molecular weight is 233 g/mol. The molecule has 0 saturated carbocycles. The number of nitrogens with two attached hydrogens (primary N) is 1. The van der Waals surface area contributed by atoms with Crippen molar-refractivity contribution in [2.24, 2.45) is 0 Å². The molecule has 12 heavy (non-hydrogen) atoms. The molecule has 0 atom stereocenters. The number of rotatable bonds is 3. The van der Waals surface area contributed by atoms with Gasteiger partial charge in [0.15, 0.2) is 0 Å². The number of aromatic nitrogens is 2. The maximum absolute atomic E-state index is 8.54. The quantitative estimate of drug-likeness (QED) is 0.695. The predicted molar refractivity (Wildman–Crippen MR) is 49.7 cm³/mol. The third kappa shape index (κ3) is 2.31. The van der Waals surface area contributed by atoms with Gasteiger partial charge in [0.2, 0.25) is 5.95 Å². The summed E-state index contributed by atoms with van der Waals surface area (Å²) in [6.45, 7) is 0.491. The van der Waals surface area contributed by atoms with E-state index in [0.29, 0.717) is 12.4 Å². The summed E-state index contributed by atoms with van der Waals surface area (Å²) in [7, 11) is 0. The van der Waals surface area contributed by atoms with Gasteiger partial charge in [-0.1, -0.05) is 0 Å². The topological polar surface area (TPSA) is 84.1 Å². The molecular formula is C6H9BrN4O. The summed E-state index contributed by atoms with van der Waals surface area (Å²) in [6, 6.07) is 0. The van der Waals surface area contributed by atoms with Crippen LogP contribution < -0.4 is 11.1 Å². The van der Waals surface area contributed by atoms with Crippen molar-refractivity contribution in [1.82, 2.24) is 9.97 Å². The zero-order chi connectivity index (χ0) is 8.97. The molecule has 0 aromatic carbocycles. The molecule has 66 valence electrons. The first kappa shape index (κ1) is 9.21. The van der Waals surface area contributed by atoms with Crippen molar-refractivity contribution in [3.05, 3.63) is 10.7 Å². The normalized spacial score (nSPS) is 9.83. The molecule has 0 aliphatic carbocycles. The third-order valence-corrected chi connectivity index (χ3v) is 1.75. The van der Waals surface area contributed by atoms with Gasteiger partial charge < -0.3 is 16.2 Å². The number of nitrogens with zero attached hydrogens (tertiary/aromatic N) is 2. The second-order valence-electron chi connectivity index (χ2n) is 2.08. The summed E-state index contributed by atoms with van der Waals surface area (Å²) in [4.78, 5) is 7.67. The summed E-state index contributed by atoms with van der Waals surface area (Å²) in [5.41, 5.74) is 5.35. The molecular weight excluding hydrogens is 224 g/mol. The third-order valence-electron chi connectivity index (χ3n) is 1.17. The number of nitrogens with one attached hydrogen (secondary N) is 1. The summed E-state index contributed by atoms with van der Waals surface area (Å²) in [6.07, 6.45) is 1.56. The van der Waals surface area contributed by atoms with E-state index in [1.807, 2.05) is 0 Å². The van der Waals surface area contributed by atoms with Crippen LogP contribution in [0.1, 0.15) is 0 Å². The maximum atomic E-state index is 8.54. The fourth-order valence-electron chi connectivity index (χ4n) is 0.679. The maximum Gasteiger partial charge on any atom is 0.221 e. The highest BCUT2D eigenvalue weighted by molar-refractivity contribution is 9.10. The molecule has 4 N–H and O–H groups in total. The first-order chi connectivity index (χ1) is 5.74. The Labute approximate surface area is 78.2 Å². The Morgan fingerprint density at radius 3 is 3.08 bits per heavy atom. The van der Waals surface area contributed by atoms with Crippen LogP contribution in [0, 0.1) is 0 Å². The molecule has 1 rings (SSSR count). The first-order valence-electron chi connectivity index (χ1n) is 3.37. The van der Waals surface area contributed by atoms with Gasteiger partial charge in [0.1, 0.15) is 5.82 Å². The van der Waals surface area contributed by atoms with Gasteiger partial charge in [-0.15, -0.1) is 0 Å². The van der Waals surface area contributed by atoms with Crippen LogP contribution in [0.3, 0.4) is 0 Å². The smallest absolute Gasteiger partial charge is 0.221 e. The van der Waals surface area contributed by atoms with Crippen LogP contribution in [-0.2, 0) is 0 Å². The zero-order valence-corrected chi connectivity index (χ0v) is 7.87. The van der Waals surface area contributed by atoms with E-state index in [2.05, 4.69) is 31.2 Å². The van der Waals surface area contributed by atoms with Crippen LogP contribution in [0.15, 0.2) is 10.7 Å². The minimum atomic E-state index is 0.0519. The van der Waals surface area contributed by atoms with E-state index in [1.54, 1.807) is 6.20 Å². The van der Waals surface area contributed by atoms with Gasteiger partial charge in [-0.3, -0.25) is 0 Å². The molecule has 5 nitrogen and oxygen atoms in total. The van der Waals surface area contributed by atoms with Crippen molar-refractivity contribution in [3.8, 4) is 0 Å². The highest BCUT2D eigenvalue weighted by Gasteiger charge is 2.00. The zero-order valence-electron chi connectivity index (χ0n) is 6.29. The van der Waals surface area contributed by atoms with Crippen LogP contribution in [-0.4, -0.2) is 28.2 Å². The van der Waals surface area contributed by atoms with Crippen molar-refractivity contribution < 1.29 is 5.11 Å². The number of aliphatic hydroxyl groups is 1. The number of nitrogen functional groups attached to an aromatic ring is 1. The Balaban J connectivity index is 2.75. The fraction of sp³-hybridized carbons (Fsp3) is 0.333. The Hall–Kier alpha value is -0.880. The number of anilines is 2. The Morgan fingerprint density at radius 2 is 2.42 bits per heavy atom. The van der Waals surface area contributed by atoms with Gasteiger partial charge in [0.05, 0.1) is 11.1 Å². The van der Waals surface area contributed by atoms with E-state index < -0.39 is 0 Å². The molecule has 1 aromatic heterocycles. The van der Waals surface area contributed by atoms with Gasteiger partial charge in [0.25, 0.3) is 0 Å². The molecule has 0 spiro atoms. The number of aliphatic hydroxyl groups excluding tert-OH is 1. The van der Waals surface area contributed by atoms with Crippen molar-refractivity contribution >= 4 is 27.7 Å². The summed E-state index contributed by atoms with van der Waals surface area (Å²) in [5, 5.41) is 11.4. The molecule has 1 heterocycles. The Kier molecular flexibility index (Phi) is 3.24. The van der Waals surface area contributed by atoms with Gasteiger partial charge in [-0.05, 0) is 15.9 Å². The molecule has 0 radical (unpaired) electrons. The van der Waals surface area contributed by atoms with E-state index in [1.165, 1.54) is 0 Å². The van der Waals surface area contributed by atoms with E-state index in [0.717, 1.165) is 4.47 Å². The van der Waals surface area contributed by atoms with Crippen LogP contribution in [0.4, 0.5) is 11.8 Å². The molecule has 0 bridgehead atoms. The molecule has 6 heteroatoms. The van der Waals surface area contributed by atoms with Crippen molar-refractivity contribution in [2.45, 2.75) is 0 Å². The van der Waals surface area contributed by atoms with Gasteiger partial charge in [0, 0.05) is 12.7 Å². The molecule has 0 fully saturated rings. The first-order valence-corrected chi connectivity index (χ1v) is 4.16. The molecule has 0 amide bonds. The van der Waals surface area contributed by atoms with Gasteiger partial charge in [-0.2, -0.15) is 4.98 Å². The summed E-state index contributed by atoms with van der Waals surface area (Å²) >= 11 is 3.24. The summed E-state index contributed by atoms with van der Waals surface area (Å²) < 4.78 is 0.727. The molecule has 0 saturated heterocycles. The van der Waals surface area contributed by atoms with Crippen molar-refractivity contribution in [1.29, 1.82) is 0 Å². The van der Waals surface area contributed by atoms with E-state index in [9.17, 15) is 0 Å². The van der Waals surface area contributed by atoms with Crippen LogP contribution in [0.25, 0.3) is 0 Å². The van der Waals surface area contributed by atoms with Crippen molar-refractivity contribution in [3.63, 3.8) is 0 Å². The fourth-order valence-corrected chi connectivity index (χ4v) is 1.01. The van der Waals surface area contributed by atoms with Crippen LogP contribution >= 0.6 is 15.9 Å². The van der Waals surface area contributed by atoms with Gasteiger partial charge in [-0.25, -0.2) is 4.98 Å². The summed E-state index contributed by atoms with van der Waals surface area (Å²) in [5.74, 6) is 0.801. The standard InChI is InChI=1S/C6H9BrN4O/c7-4-3-10-6(8)11-5(4)9-1-2-12/h3,12H,1-2H2,(H3,8,9,10,11). The molecule has 0 aliphatic rings. The van der Waals surface area contributed by atoms with E-state index >= 15 is 0 Å². The van der Waals surface area contributed by atoms with Crippen molar-refractivity contribution in [2.75, 3.05) is 24.2 Å². The predicted octanol–water partition coefficient (Wildman–Crippen LogP) is 0.225. The lowest BCUT2D eigenvalue weighted by Gasteiger charge is -2.04.